The van der Waals surface area contributed by atoms with Crippen LogP contribution >= 0.6 is 11.8 Å². The second-order valence-electron chi connectivity index (χ2n) is 6.96. The summed E-state index contributed by atoms with van der Waals surface area (Å²) < 4.78 is 0. The van der Waals surface area contributed by atoms with Gasteiger partial charge in [0.05, 0.1) is 0 Å². The molecule has 0 fully saturated rings. The molecule has 0 aliphatic heterocycles. The van der Waals surface area contributed by atoms with Crippen LogP contribution in [0.3, 0.4) is 0 Å². The van der Waals surface area contributed by atoms with Gasteiger partial charge < -0.3 is 5.11 Å². The molecule has 102 valence electrons. The third-order valence-electron chi connectivity index (χ3n) is 3.16. The van der Waals surface area contributed by atoms with Crippen molar-refractivity contribution in [1.82, 2.24) is 0 Å². The molecule has 0 saturated heterocycles. The topological polar surface area (TPSA) is 20.2 Å². The van der Waals surface area contributed by atoms with Gasteiger partial charge in [0.25, 0.3) is 0 Å². The summed E-state index contributed by atoms with van der Waals surface area (Å²) >= 11 is 1.75. The molecule has 0 spiro atoms. The fourth-order valence-electron chi connectivity index (χ4n) is 1.96. The number of hydrogen-bond donors (Lipinski definition) is 1. The van der Waals surface area contributed by atoms with Crippen LogP contribution in [0, 0.1) is 0 Å². The van der Waals surface area contributed by atoms with Gasteiger partial charge in [-0.25, -0.2) is 0 Å². The number of phenolic OH excluding ortho intramolecular Hbond substituents is 1. The average molecular weight is 266 g/mol. The summed E-state index contributed by atoms with van der Waals surface area (Å²) in [5.74, 6) is 1.34. The minimum Gasteiger partial charge on any atom is -0.507 e. The van der Waals surface area contributed by atoms with Crippen LogP contribution in [0.15, 0.2) is 12.1 Å². The van der Waals surface area contributed by atoms with Crippen LogP contribution < -0.4 is 0 Å². The molecule has 0 atom stereocenters. The lowest BCUT2D eigenvalue weighted by molar-refractivity contribution is 0.440. The highest BCUT2D eigenvalue weighted by Crippen LogP contribution is 2.38. The maximum atomic E-state index is 10.4. The third kappa shape index (κ3) is 3.44. The highest BCUT2D eigenvalue weighted by molar-refractivity contribution is 7.97. The zero-order chi connectivity index (χ0) is 14.1. The summed E-state index contributed by atoms with van der Waals surface area (Å²) in [7, 11) is 0. The summed E-state index contributed by atoms with van der Waals surface area (Å²) in [5.41, 5.74) is 3.49. The maximum absolute atomic E-state index is 10.4. The molecule has 0 aliphatic carbocycles. The Kier molecular flexibility index (Phi) is 4.42. The van der Waals surface area contributed by atoms with E-state index in [2.05, 4.69) is 59.9 Å². The summed E-state index contributed by atoms with van der Waals surface area (Å²) in [6, 6.07) is 4.32. The SMILES string of the molecule is CSCc1cc(C(C)(C)C)cc(C(C)(C)C)c1O. The van der Waals surface area contributed by atoms with Gasteiger partial charge in [-0.3, -0.25) is 0 Å². The number of rotatable bonds is 2. The normalized spacial score (nSPS) is 12.8. The number of benzene rings is 1. The molecule has 0 unspecified atom stereocenters. The minimum atomic E-state index is -0.0293. The molecule has 0 aliphatic rings. The average Bonchev–Trinajstić information content (AvgIpc) is 2.17. The molecule has 1 rings (SSSR count). The van der Waals surface area contributed by atoms with E-state index in [0.29, 0.717) is 5.75 Å². The number of hydrogen-bond acceptors (Lipinski definition) is 2. The molecule has 1 aromatic carbocycles. The van der Waals surface area contributed by atoms with Crippen LogP contribution in [0.4, 0.5) is 0 Å². The van der Waals surface area contributed by atoms with Gasteiger partial charge in [0.15, 0.2) is 0 Å². The van der Waals surface area contributed by atoms with E-state index in [1.807, 2.05) is 0 Å². The molecule has 18 heavy (non-hydrogen) atoms. The molecule has 0 heterocycles. The van der Waals surface area contributed by atoms with Gasteiger partial charge in [-0.05, 0) is 28.2 Å². The Morgan fingerprint density at radius 3 is 1.94 bits per heavy atom. The van der Waals surface area contributed by atoms with Crippen molar-refractivity contribution in [1.29, 1.82) is 0 Å². The highest BCUT2D eigenvalue weighted by Gasteiger charge is 2.24. The first-order valence-corrected chi connectivity index (χ1v) is 7.82. The maximum Gasteiger partial charge on any atom is 0.123 e. The smallest absolute Gasteiger partial charge is 0.123 e. The molecule has 1 N–H and O–H groups in total. The fraction of sp³-hybridized carbons (Fsp3) is 0.625. The van der Waals surface area contributed by atoms with Crippen LogP contribution in [-0.2, 0) is 16.6 Å². The predicted octanol–water partition coefficient (Wildman–Crippen LogP) is 4.85. The zero-order valence-corrected chi connectivity index (χ0v) is 13.5. The first-order chi connectivity index (χ1) is 8.07. The Labute approximate surface area is 116 Å². The van der Waals surface area contributed by atoms with Crippen molar-refractivity contribution in [2.45, 2.75) is 58.1 Å². The van der Waals surface area contributed by atoms with Crippen molar-refractivity contribution in [3.63, 3.8) is 0 Å². The lowest BCUT2D eigenvalue weighted by Crippen LogP contribution is -2.17. The van der Waals surface area contributed by atoms with E-state index >= 15 is 0 Å². The lowest BCUT2D eigenvalue weighted by atomic mass is 9.79. The number of thioether (sulfide) groups is 1. The quantitative estimate of drug-likeness (QED) is 0.825. The first kappa shape index (κ1) is 15.4. The van der Waals surface area contributed by atoms with Crippen LogP contribution in [0.25, 0.3) is 0 Å². The van der Waals surface area contributed by atoms with Crippen LogP contribution in [0.2, 0.25) is 0 Å². The minimum absolute atomic E-state index is 0.0293. The van der Waals surface area contributed by atoms with E-state index in [9.17, 15) is 5.11 Å². The Hall–Kier alpha value is -0.630. The molecule has 0 amide bonds. The molecule has 0 radical (unpaired) electrons. The van der Waals surface area contributed by atoms with Crippen molar-refractivity contribution in [2.75, 3.05) is 6.26 Å². The van der Waals surface area contributed by atoms with Gasteiger partial charge in [-0.2, -0.15) is 11.8 Å². The van der Waals surface area contributed by atoms with Gasteiger partial charge >= 0.3 is 0 Å². The van der Waals surface area contributed by atoms with Crippen molar-refractivity contribution in [3.05, 3.63) is 28.8 Å². The molecule has 1 aromatic rings. The number of phenols is 1. The standard InChI is InChI=1S/C16H26OS/c1-15(2,3)12-8-11(10-18-7)14(17)13(9-12)16(4,5)6/h8-9,17H,10H2,1-7H3. The molecule has 2 heteroatoms. The Morgan fingerprint density at radius 2 is 1.56 bits per heavy atom. The van der Waals surface area contributed by atoms with Gasteiger partial charge in [0.2, 0.25) is 0 Å². The van der Waals surface area contributed by atoms with Gasteiger partial charge in [-0.1, -0.05) is 53.7 Å². The predicted molar refractivity (Wildman–Crippen MR) is 82.7 cm³/mol. The van der Waals surface area contributed by atoms with Crippen molar-refractivity contribution in [2.24, 2.45) is 0 Å². The second-order valence-corrected chi connectivity index (χ2v) is 7.83. The van der Waals surface area contributed by atoms with E-state index in [1.165, 1.54) is 5.56 Å². The Balaban J connectivity index is 3.47. The molecular formula is C16H26OS. The summed E-state index contributed by atoms with van der Waals surface area (Å²) in [6.07, 6.45) is 2.07. The van der Waals surface area contributed by atoms with Crippen LogP contribution in [0.1, 0.15) is 58.2 Å². The lowest BCUT2D eigenvalue weighted by Gasteiger charge is -2.27. The highest BCUT2D eigenvalue weighted by atomic mass is 32.2. The summed E-state index contributed by atoms with van der Waals surface area (Å²) in [4.78, 5) is 0. The van der Waals surface area contributed by atoms with Crippen molar-refractivity contribution >= 4 is 11.8 Å². The van der Waals surface area contributed by atoms with E-state index < -0.39 is 0 Å². The summed E-state index contributed by atoms with van der Waals surface area (Å²) in [6.45, 7) is 13.1. The zero-order valence-electron chi connectivity index (χ0n) is 12.7. The molecule has 0 bridgehead atoms. The largest absolute Gasteiger partial charge is 0.507 e. The fourth-order valence-corrected chi connectivity index (χ4v) is 2.50. The molecule has 0 saturated carbocycles. The van der Waals surface area contributed by atoms with Gasteiger partial charge in [0, 0.05) is 11.3 Å². The number of aromatic hydroxyl groups is 1. The second kappa shape index (κ2) is 5.16. The van der Waals surface area contributed by atoms with E-state index in [4.69, 9.17) is 0 Å². The molecule has 1 nitrogen and oxygen atoms in total. The van der Waals surface area contributed by atoms with Gasteiger partial charge in [0.1, 0.15) is 5.75 Å². The van der Waals surface area contributed by atoms with E-state index in [0.717, 1.165) is 16.9 Å². The van der Waals surface area contributed by atoms with E-state index in [1.54, 1.807) is 11.8 Å². The van der Waals surface area contributed by atoms with Crippen LogP contribution in [0.5, 0.6) is 5.75 Å². The third-order valence-corrected chi connectivity index (χ3v) is 3.76. The Bertz CT molecular complexity index is 422. The Morgan fingerprint density at radius 1 is 1.00 bits per heavy atom. The molecular weight excluding hydrogens is 240 g/mol. The van der Waals surface area contributed by atoms with Gasteiger partial charge in [-0.15, -0.1) is 0 Å². The first-order valence-electron chi connectivity index (χ1n) is 6.43. The van der Waals surface area contributed by atoms with Crippen molar-refractivity contribution < 1.29 is 5.11 Å². The van der Waals surface area contributed by atoms with Crippen molar-refractivity contribution in [3.8, 4) is 5.75 Å². The molecule has 0 aromatic heterocycles. The summed E-state index contributed by atoms with van der Waals surface area (Å²) in [5, 5.41) is 10.4. The monoisotopic (exact) mass is 266 g/mol. The van der Waals surface area contributed by atoms with E-state index in [-0.39, 0.29) is 10.8 Å². The van der Waals surface area contributed by atoms with Crippen LogP contribution in [-0.4, -0.2) is 11.4 Å².